The van der Waals surface area contributed by atoms with Crippen LogP contribution in [0.2, 0.25) is 0 Å². The van der Waals surface area contributed by atoms with Gasteiger partial charge in [-0.05, 0) is 38.9 Å². The molecule has 2 aromatic rings. The van der Waals surface area contributed by atoms with Gasteiger partial charge in [0.15, 0.2) is 0 Å². The summed E-state index contributed by atoms with van der Waals surface area (Å²) >= 11 is 0. The lowest BCUT2D eigenvalue weighted by Gasteiger charge is -2.22. The second-order valence-corrected chi connectivity index (χ2v) is 8.35. The van der Waals surface area contributed by atoms with E-state index < -0.39 is 11.6 Å². The van der Waals surface area contributed by atoms with Gasteiger partial charge >= 0.3 is 0 Å². The van der Waals surface area contributed by atoms with Crippen LogP contribution in [0.1, 0.15) is 99.3 Å². The lowest BCUT2D eigenvalue weighted by atomic mass is 10.0. The molecule has 3 nitrogen and oxygen atoms in total. The SMILES string of the molecule is CCCCCN(CCCCC)CCCCC.O=C(C(=O)c1ccccc1)c1ccccc1. The Kier molecular flexibility index (Phi) is 15.9. The monoisotopic (exact) mass is 437 g/mol. The van der Waals surface area contributed by atoms with Crippen molar-refractivity contribution in [2.75, 3.05) is 19.6 Å². The predicted octanol–water partition coefficient (Wildman–Crippen LogP) is 7.61. The van der Waals surface area contributed by atoms with Gasteiger partial charge in [0.1, 0.15) is 0 Å². The molecule has 0 atom stereocenters. The Morgan fingerprint density at radius 3 is 1.12 bits per heavy atom. The summed E-state index contributed by atoms with van der Waals surface area (Å²) in [7, 11) is 0. The summed E-state index contributed by atoms with van der Waals surface area (Å²) in [5, 5.41) is 0. The van der Waals surface area contributed by atoms with Crippen LogP contribution in [0.25, 0.3) is 0 Å². The van der Waals surface area contributed by atoms with Crippen molar-refractivity contribution in [3.05, 3.63) is 71.8 Å². The zero-order chi connectivity index (χ0) is 23.4. The Morgan fingerprint density at radius 1 is 0.531 bits per heavy atom. The van der Waals surface area contributed by atoms with Gasteiger partial charge in [0.25, 0.3) is 0 Å². The number of unbranched alkanes of at least 4 members (excludes halogenated alkanes) is 6. The van der Waals surface area contributed by atoms with Gasteiger partial charge in [0, 0.05) is 11.1 Å². The number of hydrogen-bond acceptors (Lipinski definition) is 3. The third-order valence-electron chi connectivity index (χ3n) is 5.51. The van der Waals surface area contributed by atoms with Crippen LogP contribution in [0.5, 0.6) is 0 Å². The standard InChI is InChI=1S/C15H33N.C14H10O2/c1-4-7-10-13-16(14-11-8-5-2)15-12-9-6-3;15-13(11-7-3-1-4-8-11)14(16)12-9-5-2-6-10-12/h4-15H2,1-3H3;1-10H. The summed E-state index contributed by atoms with van der Waals surface area (Å²) in [6, 6.07) is 17.2. The number of ketones is 2. The molecule has 0 heterocycles. The van der Waals surface area contributed by atoms with E-state index in [1.54, 1.807) is 48.5 Å². The Bertz CT molecular complexity index is 654. The van der Waals surface area contributed by atoms with Gasteiger partial charge in [-0.1, -0.05) is 120 Å². The van der Waals surface area contributed by atoms with Gasteiger partial charge in [0.05, 0.1) is 0 Å². The van der Waals surface area contributed by atoms with Gasteiger partial charge in [-0.25, -0.2) is 0 Å². The third kappa shape index (κ3) is 12.0. The fourth-order valence-corrected chi connectivity index (χ4v) is 3.53. The van der Waals surface area contributed by atoms with Crippen molar-refractivity contribution in [3.8, 4) is 0 Å². The maximum absolute atomic E-state index is 11.8. The number of carbonyl (C=O) groups excluding carboxylic acids is 2. The lowest BCUT2D eigenvalue weighted by molar-refractivity contribution is 0.0817. The van der Waals surface area contributed by atoms with Crippen molar-refractivity contribution in [2.24, 2.45) is 0 Å². The molecule has 0 radical (unpaired) electrons. The topological polar surface area (TPSA) is 37.4 Å². The van der Waals surface area contributed by atoms with Crippen molar-refractivity contribution in [1.29, 1.82) is 0 Å². The summed E-state index contributed by atoms with van der Waals surface area (Å²) in [4.78, 5) is 26.3. The first kappa shape index (κ1) is 27.8. The molecule has 32 heavy (non-hydrogen) atoms. The van der Waals surface area contributed by atoms with Crippen LogP contribution >= 0.6 is 0 Å². The fraction of sp³-hybridized carbons (Fsp3) is 0.517. The van der Waals surface area contributed by atoms with Gasteiger partial charge in [0.2, 0.25) is 11.6 Å². The maximum atomic E-state index is 11.8. The van der Waals surface area contributed by atoms with Crippen molar-refractivity contribution in [3.63, 3.8) is 0 Å². The van der Waals surface area contributed by atoms with E-state index in [1.165, 1.54) is 77.4 Å². The molecule has 0 aliphatic rings. The Labute approximate surface area is 196 Å². The number of carbonyl (C=O) groups is 2. The number of nitrogens with zero attached hydrogens (tertiary/aromatic N) is 1. The van der Waals surface area contributed by atoms with Crippen LogP contribution in [0.15, 0.2) is 60.7 Å². The van der Waals surface area contributed by atoms with E-state index in [1.807, 2.05) is 12.1 Å². The number of hydrogen-bond donors (Lipinski definition) is 0. The number of benzene rings is 2. The number of rotatable bonds is 15. The van der Waals surface area contributed by atoms with E-state index in [-0.39, 0.29) is 0 Å². The van der Waals surface area contributed by atoms with Crippen LogP contribution < -0.4 is 0 Å². The third-order valence-corrected chi connectivity index (χ3v) is 5.51. The summed E-state index contributed by atoms with van der Waals surface area (Å²) in [6.45, 7) is 10.9. The zero-order valence-corrected chi connectivity index (χ0v) is 20.5. The van der Waals surface area contributed by atoms with Gasteiger partial charge in [-0.2, -0.15) is 0 Å². The van der Waals surface area contributed by atoms with Crippen molar-refractivity contribution >= 4 is 11.6 Å². The normalized spacial score (nSPS) is 10.5. The minimum atomic E-state index is -0.466. The molecule has 0 bridgehead atoms. The highest BCUT2D eigenvalue weighted by molar-refractivity contribution is 6.49. The molecule has 0 N–H and O–H groups in total. The second kappa shape index (κ2) is 18.3. The zero-order valence-electron chi connectivity index (χ0n) is 20.5. The highest BCUT2D eigenvalue weighted by Gasteiger charge is 2.17. The summed E-state index contributed by atoms with van der Waals surface area (Å²) < 4.78 is 0. The Hall–Kier alpha value is -2.26. The highest BCUT2D eigenvalue weighted by atomic mass is 16.2. The van der Waals surface area contributed by atoms with Gasteiger partial charge < -0.3 is 4.90 Å². The average molecular weight is 438 g/mol. The van der Waals surface area contributed by atoms with E-state index in [4.69, 9.17) is 0 Å². The van der Waals surface area contributed by atoms with Crippen LogP contribution in [0.4, 0.5) is 0 Å². The Balaban J connectivity index is 0.000000320. The molecule has 2 rings (SSSR count). The van der Waals surface area contributed by atoms with E-state index in [9.17, 15) is 9.59 Å². The Morgan fingerprint density at radius 2 is 0.844 bits per heavy atom. The molecule has 0 spiro atoms. The molecule has 0 unspecified atom stereocenters. The molecule has 0 fully saturated rings. The van der Waals surface area contributed by atoms with E-state index in [0.29, 0.717) is 11.1 Å². The molecule has 0 aromatic heterocycles. The first-order valence-electron chi connectivity index (χ1n) is 12.5. The molecule has 0 saturated carbocycles. The van der Waals surface area contributed by atoms with Gasteiger partial charge in [-0.3, -0.25) is 9.59 Å². The van der Waals surface area contributed by atoms with Crippen LogP contribution in [-0.4, -0.2) is 36.1 Å². The van der Waals surface area contributed by atoms with Crippen LogP contribution in [0, 0.1) is 0 Å². The first-order chi connectivity index (χ1) is 15.6. The molecule has 0 aliphatic carbocycles. The van der Waals surface area contributed by atoms with E-state index >= 15 is 0 Å². The lowest BCUT2D eigenvalue weighted by Crippen LogP contribution is -2.27. The summed E-state index contributed by atoms with van der Waals surface area (Å²) in [5.41, 5.74) is 0.854. The van der Waals surface area contributed by atoms with E-state index in [2.05, 4.69) is 25.7 Å². The summed E-state index contributed by atoms with van der Waals surface area (Å²) in [6.07, 6.45) is 12.4. The average Bonchev–Trinajstić information content (AvgIpc) is 2.85. The highest BCUT2D eigenvalue weighted by Crippen LogP contribution is 2.08. The molecular weight excluding hydrogens is 394 g/mol. The maximum Gasteiger partial charge on any atom is 0.233 e. The molecule has 3 heteroatoms. The molecule has 0 saturated heterocycles. The van der Waals surface area contributed by atoms with Crippen LogP contribution in [0.3, 0.4) is 0 Å². The molecule has 0 aliphatic heterocycles. The van der Waals surface area contributed by atoms with Crippen molar-refractivity contribution in [2.45, 2.75) is 78.6 Å². The van der Waals surface area contributed by atoms with Gasteiger partial charge in [-0.15, -0.1) is 0 Å². The minimum absolute atomic E-state index is 0.427. The summed E-state index contributed by atoms with van der Waals surface area (Å²) in [5.74, 6) is -0.932. The van der Waals surface area contributed by atoms with E-state index in [0.717, 1.165) is 0 Å². The van der Waals surface area contributed by atoms with Crippen LogP contribution in [-0.2, 0) is 0 Å². The minimum Gasteiger partial charge on any atom is -0.303 e. The fourth-order valence-electron chi connectivity index (χ4n) is 3.53. The quantitative estimate of drug-likeness (QED) is 0.163. The smallest absolute Gasteiger partial charge is 0.233 e. The molecule has 2 aromatic carbocycles. The molecule has 0 amide bonds. The molecule has 176 valence electrons. The predicted molar refractivity (Wildman–Crippen MR) is 137 cm³/mol. The van der Waals surface area contributed by atoms with Crippen molar-refractivity contribution < 1.29 is 9.59 Å². The number of Topliss-reactive ketones (excluding diaryl/α,β-unsaturated/α-hetero) is 2. The van der Waals surface area contributed by atoms with Crippen molar-refractivity contribution in [1.82, 2.24) is 4.90 Å². The largest absolute Gasteiger partial charge is 0.303 e. The molecular formula is C29H43NO2. The first-order valence-corrected chi connectivity index (χ1v) is 12.5. The second-order valence-electron chi connectivity index (χ2n) is 8.35.